The molecule has 112 valence electrons. The monoisotopic (exact) mass is 336 g/mol. The first-order valence-corrected chi connectivity index (χ1v) is 8.81. The Morgan fingerprint density at radius 3 is 2.65 bits per heavy atom. The molecule has 1 fully saturated rings. The Morgan fingerprint density at radius 2 is 2.05 bits per heavy atom. The summed E-state index contributed by atoms with van der Waals surface area (Å²) in [5.41, 5.74) is 0. The smallest absolute Gasteiger partial charge is 0.242 e. The third-order valence-corrected chi connectivity index (χ3v) is 6.43. The third-order valence-electron chi connectivity index (χ3n) is 3.87. The summed E-state index contributed by atoms with van der Waals surface area (Å²) < 4.78 is 26.6. The molecule has 7 heteroatoms. The second kappa shape index (κ2) is 6.18. The molecule has 0 spiro atoms. The van der Waals surface area contributed by atoms with E-state index in [2.05, 4.69) is 11.9 Å². The fourth-order valence-electron chi connectivity index (χ4n) is 2.64. The van der Waals surface area contributed by atoms with Crippen LogP contribution in [-0.2, 0) is 10.0 Å². The number of halogens is 2. The Kier molecular flexibility index (Phi) is 4.95. The van der Waals surface area contributed by atoms with Crippen LogP contribution in [-0.4, -0.2) is 30.8 Å². The zero-order chi connectivity index (χ0) is 14.9. The third kappa shape index (κ3) is 3.27. The maximum absolute atomic E-state index is 12.6. The van der Waals surface area contributed by atoms with E-state index in [-0.39, 0.29) is 21.1 Å². The van der Waals surface area contributed by atoms with Gasteiger partial charge in [-0.15, -0.1) is 0 Å². The van der Waals surface area contributed by atoms with E-state index in [4.69, 9.17) is 23.2 Å². The Balaban J connectivity index is 2.26. The van der Waals surface area contributed by atoms with Gasteiger partial charge in [-0.2, -0.15) is 4.31 Å². The number of hydrogen-bond acceptors (Lipinski definition) is 3. The highest BCUT2D eigenvalue weighted by atomic mass is 35.5. The highest BCUT2D eigenvalue weighted by molar-refractivity contribution is 7.89. The van der Waals surface area contributed by atoms with Crippen LogP contribution in [0.5, 0.6) is 0 Å². The second-order valence-corrected chi connectivity index (χ2v) is 8.15. The first kappa shape index (κ1) is 16.0. The SMILES string of the molecule is CC1CCCC(N(C)S(=O)(=O)c2cnc(Cl)c(Cl)c2)C1. The predicted octanol–water partition coefficient (Wildman–Crippen LogP) is 3.59. The minimum atomic E-state index is -3.57. The molecule has 2 rings (SSSR count). The minimum absolute atomic E-state index is 0.0400. The van der Waals surface area contributed by atoms with Crippen LogP contribution >= 0.6 is 23.2 Å². The van der Waals surface area contributed by atoms with Crippen LogP contribution in [0.4, 0.5) is 0 Å². The van der Waals surface area contributed by atoms with Gasteiger partial charge in [-0.3, -0.25) is 0 Å². The molecule has 20 heavy (non-hydrogen) atoms. The molecule has 1 heterocycles. The summed E-state index contributed by atoms with van der Waals surface area (Å²) in [4.78, 5) is 3.91. The van der Waals surface area contributed by atoms with Crippen molar-refractivity contribution in [3.05, 3.63) is 22.4 Å². The zero-order valence-electron chi connectivity index (χ0n) is 11.5. The molecule has 0 bridgehead atoms. The molecule has 1 aromatic heterocycles. The zero-order valence-corrected chi connectivity index (χ0v) is 13.8. The first-order chi connectivity index (χ1) is 9.32. The van der Waals surface area contributed by atoms with E-state index in [0.29, 0.717) is 5.92 Å². The van der Waals surface area contributed by atoms with Crippen molar-refractivity contribution < 1.29 is 8.42 Å². The van der Waals surface area contributed by atoms with Gasteiger partial charge in [0.25, 0.3) is 0 Å². The van der Waals surface area contributed by atoms with E-state index in [1.165, 1.54) is 23.0 Å². The first-order valence-electron chi connectivity index (χ1n) is 6.61. The molecule has 1 aliphatic carbocycles. The Hall–Kier alpha value is -0.360. The molecule has 0 N–H and O–H groups in total. The van der Waals surface area contributed by atoms with Crippen LogP contribution in [0, 0.1) is 5.92 Å². The van der Waals surface area contributed by atoms with Crippen molar-refractivity contribution in [1.29, 1.82) is 0 Å². The molecular formula is C13H18Cl2N2O2S. The van der Waals surface area contributed by atoms with Gasteiger partial charge in [0.2, 0.25) is 10.0 Å². The van der Waals surface area contributed by atoms with Crippen molar-refractivity contribution in [2.45, 2.75) is 43.5 Å². The summed E-state index contributed by atoms with van der Waals surface area (Å²) in [6.07, 6.45) is 5.27. The number of nitrogens with zero attached hydrogens (tertiary/aromatic N) is 2. The van der Waals surface area contributed by atoms with Crippen LogP contribution in [0.2, 0.25) is 10.2 Å². The van der Waals surface area contributed by atoms with Crippen molar-refractivity contribution in [1.82, 2.24) is 9.29 Å². The maximum atomic E-state index is 12.6. The van der Waals surface area contributed by atoms with Gasteiger partial charge in [0.15, 0.2) is 0 Å². The largest absolute Gasteiger partial charge is 0.244 e. The lowest BCUT2D eigenvalue weighted by molar-refractivity contribution is 0.239. The number of sulfonamides is 1. The lowest BCUT2D eigenvalue weighted by atomic mass is 9.87. The average molecular weight is 337 g/mol. The summed E-state index contributed by atoms with van der Waals surface area (Å²) in [6.45, 7) is 2.16. The van der Waals surface area contributed by atoms with Gasteiger partial charge in [0, 0.05) is 19.3 Å². The van der Waals surface area contributed by atoms with Crippen molar-refractivity contribution >= 4 is 33.2 Å². The summed E-state index contributed by atoms with van der Waals surface area (Å²) in [6, 6.07) is 1.40. The lowest BCUT2D eigenvalue weighted by Crippen LogP contribution is -2.39. The molecule has 0 aromatic carbocycles. The van der Waals surface area contributed by atoms with Crippen molar-refractivity contribution in [3.63, 3.8) is 0 Å². The fourth-order valence-corrected chi connectivity index (χ4v) is 4.34. The summed E-state index contributed by atoms with van der Waals surface area (Å²) in [5, 5.41) is 0.262. The van der Waals surface area contributed by atoms with Gasteiger partial charge in [-0.25, -0.2) is 13.4 Å². The number of aromatic nitrogens is 1. The highest BCUT2D eigenvalue weighted by Gasteiger charge is 2.31. The summed E-state index contributed by atoms with van der Waals surface area (Å²) in [7, 11) is -1.95. The van der Waals surface area contributed by atoms with E-state index >= 15 is 0 Å². The lowest BCUT2D eigenvalue weighted by Gasteiger charge is -2.33. The van der Waals surface area contributed by atoms with Crippen LogP contribution in [0.3, 0.4) is 0 Å². The van der Waals surface area contributed by atoms with Gasteiger partial charge in [0.05, 0.1) is 5.02 Å². The quantitative estimate of drug-likeness (QED) is 0.792. The predicted molar refractivity (Wildman–Crippen MR) is 80.6 cm³/mol. The molecule has 0 radical (unpaired) electrons. The summed E-state index contributed by atoms with van der Waals surface area (Å²) >= 11 is 11.6. The van der Waals surface area contributed by atoms with E-state index in [0.717, 1.165) is 19.3 Å². The molecule has 2 atom stereocenters. The molecule has 2 unspecified atom stereocenters. The minimum Gasteiger partial charge on any atom is -0.242 e. The van der Waals surface area contributed by atoms with Gasteiger partial charge >= 0.3 is 0 Å². The molecule has 0 saturated heterocycles. The highest BCUT2D eigenvalue weighted by Crippen LogP contribution is 2.31. The molecule has 4 nitrogen and oxygen atoms in total. The van der Waals surface area contributed by atoms with Crippen LogP contribution in [0.1, 0.15) is 32.6 Å². The molecular weight excluding hydrogens is 319 g/mol. The van der Waals surface area contributed by atoms with Crippen LogP contribution < -0.4 is 0 Å². The second-order valence-electron chi connectivity index (χ2n) is 5.39. The Bertz CT molecular complexity index is 592. The van der Waals surface area contributed by atoms with E-state index in [1.54, 1.807) is 7.05 Å². The molecule has 1 aromatic rings. The Labute approximate surface area is 130 Å². The van der Waals surface area contributed by atoms with E-state index in [9.17, 15) is 8.42 Å². The average Bonchev–Trinajstić information content (AvgIpc) is 2.40. The van der Waals surface area contributed by atoms with Crippen LogP contribution in [0.25, 0.3) is 0 Å². The molecule has 0 aliphatic heterocycles. The number of pyridine rings is 1. The topological polar surface area (TPSA) is 50.3 Å². The maximum Gasteiger partial charge on any atom is 0.244 e. The standard InChI is InChI=1S/C13H18Cl2N2O2S/c1-9-4-3-5-10(6-9)17(2)20(18,19)11-7-12(14)13(15)16-8-11/h7-10H,3-6H2,1-2H3. The molecule has 1 saturated carbocycles. The Morgan fingerprint density at radius 1 is 1.35 bits per heavy atom. The van der Waals surface area contributed by atoms with Crippen LogP contribution in [0.15, 0.2) is 17.2 Å². The fraction of sp³-hybridized carbons (Fsp3) is 0.615. The van der Waals surface area contributed by atoms with Gasteiger partial charge in [-0.1, -0.05) is 43.0 Å². The van der Waals surface area contributed by atoms with Crippen molar-refractivity contribution in [2.75, 3.05) is 7.05 Å². The normalized spacial score (nSPS) is 24.1. The van der Waals surface area contributed by atoms with Crippen molar-refractivity contribution in [2.24, 2.45) is 5.92 Å². The molecule has 0 amide bonds. The summed E-state index contributed by atoms with van der Waals surface area (Å²) in [5.74, 6) is 0.554. The number of hydrogen-bond donors (Lipinski definition) is 0. The van der Waals surface area contributed by atoms with E-state index < -0.39 is 10.0 Å². The van der Waals surface area contributed by atoms with Gasteiger partial charge < -0.3 is 0 Å². The van der Waals surface area contributed by atoms with Crippen molar-refractivity contribution in [3.8, 4) is 0 Å². The van der Waals surface area contributed by atoms with E-state index in [1.807, 2.05) is 0 Å². The molecule has 1 aliphatic rings. The van der Waals surface area contributed by atoms with Gasteiger partial charge in [0.1, 0.15) is 10.0 Å². The number of rotatable bonds is 3. The van der Waals surface area contributed by atoms with Gasteiger partial charge in [-0.05, 0) is 24.8 Å².